The summed E-state index contributed by atoms with van der Waals surface area (Å²) in [6, 6.07) is 11.9. The lowest BCUT2D eigenvalue weighted by Crippen LogP contribution is -1.95. The molecule has 0 radical (unpaired) electrons. The maximum absolute atomic E-state index is 10.4. The van der Waals surface area contributed by atoms with Crippen molar-refractivity contribution < 1.29 is 24.9 Å². The molecule has 5 nitrogen and oxygen atoms in total. The molecule has 0 amide bonds. The monoisotopic (exact) mass is 316 g/mol. The molecule has 0 saturated carbocycles. The second kappa shape index (κ2) is 9.15. The largest absolute Gasteiger partial charge is 0.508 e. The Balaban J connectivity index is 0.000000313. The Kier molecular flexibility index (Phi) is 7.20. The summed E-state index contributed by atoms with van der Waals surface area (Å²) in [6.07, 6.45) is 3.20. The first-order valence-electron chi connectivity index (χ1n) is 7.03. The summed E-state index contributed by atoms with van der Waals surface area (Å²) < 4.78 is 5.08. The second-order valence-electron chi connectivity index (χ2n) is 4.55. The molecule has 0 atom stereocenters. The third-order valence-electron chi connectivity index (χ3n) is 3.00. The van der Waals surface area contributed by atoms with Gasteiger partial charge in [0, 0.05) is 11.6 Å². The number of benzene rings is 2. The Bertz CT molecular complexity index is 663. The van der Waals surface area contributed by atoms with E-state index in [-0.39, 0.29) is 5.75 Å². The number of hydrogen-bond acceptors (Lipinski definition) is 4. The lowest BCUT2D eigenvalue weighted by molar-refractivity contribution is -0.131. The summed E-state index contributed by atoms with van der Waals surface area (Å²) in [5, 5.41) is 26.7. The molecule has 0 unspecified atom stereocenters. The van der Waals surface area contributed by atoms with E-state index in [0.29, 0.717) is 17.9 Å². The lowest BCUT2D eigenvalue weighted by atomic mass is 10.0. The molecule has 0 saturated heterocycles. The average Bonchev–Trinajstić information content (AvgIpc) is 2.54. The van der Waals surface area contributed by atoms with Crippen LogP contribution in [0.3, 0.4) is 0 Å². The summed E-state index contributed by atoms with van der Waals surface area (Å²) >= 11 is 0. The van der Waals surface area contributed by atoms with Crippen LogP contribution >= 0.6 is 0 Å². The molecular formula is C18H20O5. The van der Waals surface area contributed by atoms with Gasteiger partial charge in [0.2, 0.25) is 0 Å². The van der Waals surface area contributed by atoms with Crippen LogP contribution in [0.1, 0.15) is 18.1 Å². The van der Waals surface area contributed by atoms with Gasteiger partial charge in [-0.05, 0) is 36.3 Å². The van der Waals surface area contributed by atoms with Gasteiger partial charge in [-0.1, -0.05) is 31.2 Å². The molecule has 0 bridgehead atoms. The zero-order chi connectivity index (χ0) is 17.2. The van der Waals surface area contributed by atoms with Crippen LogP contribution in [0.25, 0.3) is 6.08 Å². The number of phenols is 2. The molecule has 3 N–H and O–H groups in total. The zero-order valence-corrected chi connectivity index (χ0v) is 13.1. The molecule has 2 rings (SSSR count). The van der Waals surface area contributed by atoms with Crippen LogP contribution in [0.2, 0.25) is 0 Å². The summed E-state index contributed by atoms with van der Waals surface area (Å²) in [5.41, 5.74) is 1.53. The number of carbonyl (C=O) groups is 1. The van der Waals surface area contributed by atoms with Crippen molar-refractivity contribution in [3.05, 3.63) is 59.7 Å². The molecule has 2 aromatic carbocycles. The number of phenolic OH excluding ortho intramolecular Hbond substituents is 2. The van der Waals surface area contributed by atoms with E-state index in [1.807, 2.05) is 13.0 Å². The van der Waals surface area contributed by atoms with Crippen molar-refractivity contribution in [3.63, 3.8) is 0 Å². The number of carboxylic acids is 1. The molecule has 122 valence electrons. The number of para-hydroxylation sites is 1. The van der Waals surface area contributed by atoms with Crippen LogP contribution in [0.5, 0.6) is 17.2 Å². The Morgan fingerprint density at radius 2 is 1.78 bits per heavy atom. The van der Waals surface area contributed by atoms with E-state index in [9.17, 15) is 9.90 Å². The lowest BCUT2D eigenvalue weighted by Gasteiger charge is -2.11. The minimum absolute atomic E-state index is 0.0619. The van der Waals surface area contributed by atoms with Gasteiger partial charge < -0.3 is 20.1 Å². The topological polar surface area (TPSA) is 87.0 Å². The van der Waals surface area contributed by atoms with Crippen LogP contribution in [0.15, 0.2) is 48.5 Å². The number of carboxylic acid groups (broad SMARTS) is 1. The third kappa shape index (κ3) is 5.74. The van der Waals surface area contributed by atoms with Crippen LogP contribution in [-0.2, 0) is 11.2 Å². The van der Waals surface area contributed by atoms with Crippen LogP contribution in [0.4, 0.5) is 0 Å². The molecule has 2 aromatic rings. The van der Waals surface area contributed by atoms with E-state index in [0.717, 1.165) is 17.2 Å². The fourth-order valence-electron chi connectivity index (χ4n) is 1.97. The highest BCUT2D eigenvalue weighted by Crippen LogP contribution is 2.33. The molecule has 0 aliphatic rings. The van der Waals surface area contributed by atoms with Gasteiger partial charge in [0.05, 0.1) is 7.11 Å². The van der Waals surface area contributed by atoms with E-state index in [4.69, 9.17) is 14.9 Å². The molecule has 0 spiro atoms. The normalized spacial score (nSPS) is 10.0. The maximum Gasteiger partial charge on any atom is 0.328 e. The minimum Gasteiger partial charge on any atom is -0.508 e. The van der Waals surface area contributed by atoms with Crippen molar-refractivity contribution >= 4 is 12.0 Å². The maximum atomic E-state index is 10.4. The summed E-state index contributed by atoms with van der Waals surface area (Å²) in [4.78, 5) is 10.4. The van der Waals surface area contributed by atoms with E-state index < -0.39 is 5.97 Å². The van der Waals surface area contributed by atoms with Gasteiger partial charge in [-0.15, -0.1) is 0 Å². The Morgan fingerprint density at radius 1 is 1.13 bits per heavy atom. The Morgan fingerprint density at radius 3 is 2.22 bits per heavy atom. The fourth-order valence-corrected chi connectivity index (χ4v) is 1.97. The summed E-state index contributed by atoms with van der Waals surface area (Å²) in [6.45, 7) is 1.91. The van der Waals surface area contributed by atoms with E-state index in [2.05, 4.69) is 0 Å². The van der Waals surface area contributed by atoms with Crippen LogP contribution in [0, 0.1) is 0 Å². The Labute approximate surface area is 135 Å². The SMILES string of the molecule is CCc1c(C=CC(=O)O)ccc(O)c1OC.Oc1ccccc1. The first kappa shape index (κ1) is 18.1. The van der Waals surface area contributed by atoms with Gasteiger partial charge >= 0.3 is 5.97 Å². The number of methoxy groups -OCH3 is 1. The first-order valence-corrected chi connectivity index (χ1v) is 7.03. The number of aromatic hydroxyl groups is 2. The van der Waals surface area contributed by atoms with Crippen molar-refractivity contribution in [2.45, 2.75) is 13.3 Å². The quantitative estimate of drug-likeness (QED) is 0.752. The average molecular weight is 316 g/mol. The van der Waals surface area contributed by atoms with Gasteiger partial charge in [-0.25, -0.2) is 4.79 Å². The molecule has 0 aliphatic carbocycles. The van der Waals surface area contributed by atoms with Gasteiger partial charge in [0.15, 0.2) is 11.5 Å². The highest BCUT2D eigenvalue weighted by atomic mass is 16.5. The van der Waals surface area contributed by atoms with E-state index in [1.54, 1.807) is 30.3 Å². The van der Waals surface area contributed by atoms with Crippen molar-refractivity contribution in [3.8, 4) is 17.2 Å². The number of rotatable bonds is 4. The number of aliphatic carboxylic acids is 1. The zero-order valence-electron chi connectivity index (χ0n) is 13.1. The van der Waals surface area contributed by atoms with Gasteiger partial charge in [-0.3, -0.25) is 0 Å². The van der Waals surface area contributed by atoms with Crippen molar-refractivity contribution in [2.75, 3.05) is 7.11 Å². The first-order chi connectivity index (χ1) is 11.0. The highest BCUT2D eigenvalue weighted by Gasteiger charge is 2.10. The Hall–Kier alpha value is -2.95. The molecule has 0 aromatic heterocycles. The fraction of sp³-hybridized carbons (Fsp3) is 0.167. The molecule has 0 fully saturated rings. The predicted octanol–water partition coefficient (Wildman–Crippen LogP) is 3.45. The summed E-state index contributed by atoms with van der Waals surface area (Å²) in [5.74, 6) is -0.224. The standard InChI is InChI=1S/C12H14O4.C6H6O/c1-3-9-8(5-7-11(14)15)4-6-10(13)12(9)16-2;7-6-4-2-1-3-5-6/h4-7,13H,3H2,1-2H3,(H,14,15);1-5,7H. The van der Waals surface area contributed by atoms with Crippen LogP contribution < -0.4 is 4.74 Å². The molecular weight excluding hydrogens is 296 g/mol. The predicted molar refractivity (Wildman–Crippen MR) is 88.8 cm³/mol. The molecule has 0 aliphatic heterocycles. The molecule has 23 heavy (non-hydrogen) atoms. The van der Waals surface area contributed by atoms with Crippen molar-refractivity contribution in [2.24, 2.45) is 0 Å². The van der Waals surface area contributed by atoms with Gasteiger partial charge in [0.25, 0.3) is 0 Å². The third-order valence-corrected chi connectivity index (χ3v) is 3.00. The van der Waals surface area contributed by atoms with E-state index in [1.165, 1.54) is 19.3 Å². The van der Waals surface area contributed by atoms with Gasteiger partial charge in [-0.2, -0.15) is 0 Å². The number of hydrogen-bond donors (Lipinski definition) is 3. The minimum atomic E-state index is -1.01. The summed E-state index contributed by atoms with van der Waals surface area (Å²) in [7, 11) is 1.47. The smallest absolute Gasteiger partial charge is 0.328 e. The van der Waals surface area contributed by atoms with Crippen molar-refractivity contribution in [1.29, 1.82) is 0 Å². The highest BCUT2D eigenvalue weighted by molar-refractivity contribution is 5.86. The second-order valence-corrected chi connectivity index (χ2v) is 4.55. The van der Waals surface area contributed by atoms with E-state index >= 15 is 0 Å². The number of ether oxygens (including phenoxy) is 1. The molecule has 0 heterocycles. The van der Waals surface area contributed by atoms with Crippen LogP contribution in [-0.4, -0.2) is 28.4 Å². The van der Waals surface area contributed by atoms with Gasteiger partial charge in [0.1, 0.15) is 5.75 Å². The van der Waals surface area contributed by atoms with Crippen molar-refractivity contribution in [1.82, 2.24) is 0 Å². The molecule has 5 heteroatoms.